The number of amides is 1. The Labute approximate surface area is 143 Å². The minimum absolute atomic E-state index is 0.0724. The third-order valence-corrected chi connectivity index (χ3v) is 4.17. The number of amidine groups is 1. The molecule has 1 aromatic carbocycles. The maximum Gasteiger partial charge on any atom is 0.258 e. The highest BCUT2D eigenvalue weighted by Gasteiger charge is 2.26. The molecule has 2 heterocycles. The van der Waals surface area contributed by atoms with Crippen molar-refractivity contribution >= 4 is 40.6 Å². The molecule has 1 aliphatic heterocycles. The number of carbonyl (C=O) groups is 1. The van der Waals surface area contributed by atoms with Crippen LogP contribution in [-0.4, -0.2) is 28.5 Å². The van der Waals surface area contributed by atoms with Crippen molar-refractivity contribution in [3.8, 4) is 0 Å². The van der Waals surface area contributed by atoms with E-state index in [0.717, 1.165) is 5.69 Å². The number of halogens is 2. The number of benzene rings is 1. The van der Waals surface area contributed by atoms with Crippen LogP contribution >= 0.6 is 23.2 Å². The summed E-state index contributed by atoms with van der Waals surface area (Å²) in [5.74, 6) is 0.405. The van der Waals surface area contributed by atoms with E-state index in [0.29, 0.717) is 28.0 Å². The van der Waals surface area contributed by atoms with Gasteiger partial charge in [-0.2, -0.15) is 15.3 Å². The van der Waals surface area contributed by atoms with Gasteiger partial charge in [0.2, 0.25) is 0 Å². The monoisotopic (exact) mass is 349 g/mol. The van der Waals surface area contributed by atoms with Gasteiger partial charge in [0.1, 0.15) is 5.84 Å². The second-order valence-corrected chi connectivity index (χ2v) is 5.97. The SMILES string of the molecule is CC1CN(c2ccc(Cl)c(Cl)c2)N=C1NC(=O)c1ccnnc1. The molecule has 0 saturated carbocycles. The molecule has 1 atom stereocenters. The molecule has 8 heteroatoms. The van der Waals surface area contributed by atoms with Gasteiger partial charge in [0.15, 0.2) is 0 Å². The predicted octanol–water partition coefficient (Wildman–Crippen LogP) is 2.98. The summed E-state index contributed by atoms with van der Waals surface area (Å²) in [6.07, 6.45) is 2.88. The Bertz CT molecular complexity index is 766. The van der Waals surface area contributed by atoms with Crippen molar-refractivity contribution < 1.29 is 4.79 Å². The molecule has 23 heavy (non-hydrogen) atoms. The fourth-order valence-electron chi connectivity index (χ4n) is 2.19. The third kappa shape index (κ3) is 3.43. The van der Waals surface area contributed by atoms with Crippen LogP contribution in [0.3, 0.4) is 0 Å². The van der Waals surface area contributed by atoms with Crippen LogP contribution in [0.4, 0.5) is 5.69 Å². The summed E-state index contributed by atoms with van der Waals surface area (Å²) in [5.41, 5.74) is 1.25. The Morgan fingerprint density at radius 2 is 2.09 bits per heavy atom. The molecule has 1 amide bonds. The molecule has 0 aliphatic carbocycles. The van der Waals surface area contributed by atoms with Gasteiger partial charge in [0, 0.05) is 5.92 Å². The summed E-state index contributed by atoms with van der Waals surface area (Å²) in [5, 5.41) is 17.4. The number of aromatic nitrogens is 2. The van der Waals surface area contributed by atoms with Crippen molar-refractivity contribution in [2.24, 2.45) is 11.0 Å². The van der Waals surface area contributed by atoms with Crippen molar-refractivity contribution in [1.82, 2.24) is 15.5 Å². The molecular formula is C15H13Cl2N5O. The summed E-state index contributed by atoms with van der Waals surface area (Å²) in [4.78, 5) is 12.2. The van der Waals surface area contributed by atoms with Gasteiger partial charge in [-0.05, 0) is 24.3 Å². The zero-order valence-corrected chi connectivity index (χ0v) is 13.7. The number of anilines is 1. The number of hydrazone groups is 1. The van der Waals surface area contributed by atoms with Crippen molar-refractivity contribution in [2.45, 2.75) is 6.92 Å². The summed E-state index contributed by atoms with van der Waals surface area (Å²) >= 11 is 12.0. The number of rotatable bonds is 2. The minimum atomic E-state index is -0.263. The van der Waals surface area contributed by atoms with Crippen LogP contribution in [0.15, 0.2) is 41.8 Å². The molecule has 1 N–H and O–H groups in total. The Balaban J connectivity index is 1.77. The van der Waals surface area contributed by atoms with E-state index in [1.807, 2.05) is 13.0 Å². The first-order valence-corrected chi connectivity index (χ1v) is 7.69. The van der Waals surface area contributed by atoms with E-state index in [1.54, 1.807) is 23.2 Å². The number of hydrogen-bond donors (Lipinski definition) is 1. The van der Waals surface area contributed by atoms with E-state index in [9.17, 15) is 4.79 Å². The molecule has 0 bridgehead atoms. The van der Waals surface area contributed by atoms with Crippen molar-refractivity contribution in [1.29, 1.82) is 0 Å². The Kier molecular flexibility index (Phi) is 4.45. The van der Waals surface area contributed by atoms with Gasteiger partial charge in [-0.3, -0.25) is 9.80 Å². The fraction of sp³-hybridized carbons (Fsp3) is 0.200. The first-order valence-electron chi connectivity index (χ1n) is 6.93. The van der Waals surface area contributed by atoms with Crippen molar-refractivity contribution in [3.63, 3.8) is 0 Å². The smallest absolute Gasteiger partial charge is 0.258 e. The molecule has 1 aliphatic rings. The molecule has 0 saturated heterocycles. The average molecular weight is 350 g/mol. The Morgan fingerprint density at radius 3 is 2.78 bits per heavy atom. The maximum atomic E-state index is 12.2. The second-order valence-electron chi connectivity index (χ2n) is 5.15. The Hall–Kier alpha value is -2.18. The third-order valence-electron chi connectivity index (χ3n) is 3.43. The maximum absolute atomic E-state index is 12.2. The molecule has 0 fully saturated rings. The van der Waals surface area contributed by atoms with Crippen LogP contribution in [0.25, 0.3) is 0 Å². The van der Waals surface area contributed by atoms with Crippen molar-refractivity contribution in [2.75, 3.05) is 11.6 Å². The predicted molar refractivity (Wildman–Crippen MR) is 89.9 cm³/mol. The second kappa shape index (κ2) is 6.52. The Morgan fingerprint density at radius 1 is 1.26 bits per heavy atom. The van der Waals surface area contributed by atoms with Gasteiger partial charge in [-0.1, -0.05) is 30.1 Å². The zero-order valence-electron chi connectivity index (χ0n) is 12.2. The summed E-state index contributed by atoms with van der Waals surface area (Å²) < 4.78 is 0. The van der Waals surface area contributed by atoms with Crippen LogP contribution in [0, 0.1) is 5.92 Å². The van der Waals surface area contributed by atoms with E-state index in [-0.39, 0.29) is 11.8 Å². The summed E-state index contributed by atoms with van der Waals surface area (Å²) in [6.45, 7) is 2.63. The van der Waals surface area contributed by atoms with Gasteiger partial charge >= 0.3 is 0 Å². The number of nitrogens with zero attached hydrogens (tertiary/aromatic N) is 4. The van der Waals surface area contributed by atoms with E-state index < -0.39 is 0 Å². The molecule has 0 spiro atoms. The highest BCUT2D eigenvalue weighted by Crippen LogP contribution is 2.29. The summed E-state index contributed by atoms with van der Waals surface area (Å²) in [7, 11) is 0. The largest absolute Gasteiger partial charge is 0.308 e. The number of hydrogen-bond acceptors (Lipinski definition) is 5. The quantitative estimate of drug-likeness (QED) is 0.904. The van der Waals surface area contributed by atoms with Crippen LogP contribution in [0.1, 0.15) is 17.3 Å². The highest BCUT2D eigenvalue weighted by molar-refractivity contribution is 6.42. The van der Waals surface area contributed by atoms with E-state index in [1.165, 1.54) is 12.4 Å². The van der Waals surface area contributed by atoms with Crippen molar-refractivity contribution in [3.05, 3.63) is 52.3 Å². The minimum Gasteiger partial charge on any atom is -0.308 e. The zero-order chi connectivity index (χ0) is 16.4. The first kappa shape index (κ1) is 15.7. The molecule has 6 nitrogen and oxygen atoms in total. The summed E-state index contributed by atoms with van der Waals surface area (Å²) in [6, 6.07) is 6.90. The molecular weight excluding hydrogens is 337 g/mol. The first-order chi connectivity index (χ1) is 11.0. The van der Waals surface area contributed by atoms with Gasteiger partial charge in [0.25, 0.3) is 5.91 Å². The van der Waals surface area contributed by atoms with Gasteiger partial charge in [-0.15, -0.1) is 0 Å². The topological polar surface area (TPSA) is 70.5 Å². The van der Waals surface area contributed by atoms with E-state index >= 15 is 0 Å². The fourth-order valence-corrected chi connectivity index (χ4v) is 2.48. The highest BCUT2D eigenvalue weighted by atomic mass is 35.5. The molecule has 1 unspecified atom stereocenters. The number of carbonyl (C=O) groups excluding carboxylic acids is 1. The molecule has 118 valence electrons. The number of nitrogens with one attached hydrogen (secondary N) is 1. The van der Waals surface area contributed by atoms with Crippen LogP contribution in [0.5, 0.6) is 0 Å². The lowest BCUT2D eigenvalue weighted by atomic mass is 10.1. The normalized spacial score (nSPS) is 17.1. The van der Waals surface area contributed by atoms with Gasteiger partial charge in [-0.25, -0.2) is 0 Å². The van der Waals surface area contributed by atoms with Crippen LogP contribution in [0.2, 0.25) is 10.0 Å². The lowest BCUT2D eigenvalue weighted by molar-refractivity contribution is 0.0975. The lowest BCUT2D eigenvalue weighted by Gasteiger charge is -2.14. The molecule has 2 aromatic rings. The van der Waals surface area contributed by atoms with Crippen LogP contribution in [-0.2, 0) is 0 Å². The van der Waals surface area contributed by atoms with Gasteiger partial charge in [0.05, 0.1) is 40.2 Å². The molecule has 0 radical (unpaired) electrons. The standard InChI is InChI=1S/C15H13Cl2N5O/c1-9-8-22(11-2-3-12(16)13(17)6-11)21-14(9)20-15(23)10-4-5-18-19-7-10/h2-7,9H,8H2,1H3,(H,20,21,23). The van der Waals surface area contributed by atoms with Crippen LogP contribution < -0.4 is 10.3 Å². The molecule has 1 aromatic heterocycles. The van der Waals surface area contributed by atoms with E-state index in [2.05, 4.69) is 20.6 Å². The van der Waals surface area contributed by atoms with Gasteiger partial charge < -0.3 is 5.32 Å². The lowest BCUT2D eigenvalue weighted by Crippen LogP contribution is -2.33. The molecule has 3 rings (SSSR count). The van der Waals surface area contributed by atoms with E-state index in [4.69, 9.17) is 23.2 Å². The average Bonchev–Trinajstić information content (AvgIpc) is 2.92.